The second-order valence-corrected chi connectivity index (χ2v) is 9.53. The van der Waals surface area contributed by atoms with Crippen LogP contribution in [-0.4, -0.2) is 25.0 Å². The van der Waals surface area contributed by atoms with E-state index >= 15 is 0 Å². The number of ether oxygens (including phenoxy) is 1. The van der Waals surface area contributed by atoms with Crippen molar-refractivity contribution in [2.75, 3.05) is 12.0 Å². The molecule has 1 atom stereocenters. The average molecular weight is 463 g/mol. The lowest BCUT2D eigenvalue weighted by atomic mass is 10.0. The van der Waals surface area contributed by atoms with Gasteiger partial charge in [0.05, 0.1) is 19.2 Å². The zero-order valence-corrected chi connectivity index (χ0v) is 19.9. The Kier molecular flexibility index (Phi) is 7.45. The number of hydrogen-bond acceptors (Lipinski definition) is 4. The van der Waals surface area contributed by atoms with Gasteiger partial charge in [0, 0.05) is 10.9 Å². The number of amides is 2. The van der Waals surface area contributed by atoms with Crippen LogP contribution in [0.2, 0.25) is 0 Å². The molecule has 1 aliphatic carbocycles. The average Bonchev–Trinajstić information content (AvgIpc) is 3.52. The SMILES string of the molecule is COc1ccccc1N(C(=O)Cc1cccs1)C(C(=O)NC1CCCC1)c1ccc(C)cc1. The Morgan fingerprint density at radius 3 is 2.45 bits per heavy atom. The summed E-state index contributed by atoms with van der Waals surface area (Å²) in [4.78, 5) is 30.1. The molecule has 33 heavy (non-hydrogen) atoms. The molecule has 1 aliphatic rings. The lowest BCUT2D eigenvalue weighted by Gasteiger charge is -2.33. The predicted octanol–water partition coefficient (Wildman–Crippen LogP) is 5.44. The van der Waals surface area contributed by atoms with E-state index < -0.39 is 6.04 Å². The summed E-state index contributed by atoms with van der Waals surface area (Å²) in [5.74, 6) is 0.257. The van der Waals surface area contributed by atoms with Gasteiger partial charge in [0.1, 0.15) is 11.8 Å². The highest BCUT2D eigenvalue weighted by molar-refractivity contribution is 7.10. The predicted molar refractivity (Wildman–Crippen MR) is 133 cm³/mol. The monoisotopic (exact) mass is 462 g/mol. The molecule has 0 bridgehead atoms. The van der Waals surface area contributed by atoms with Crippen molar-refractivity contribution >= 4 is 28.8 Å². The van der Waals surface area contributed by atoms with Crippen molar-refractivity contribution in [1.82, 2.24) is 5.32 Å². The summed E-state index contributed by atoms with van der Waals surface area (Å²) in [6, 6.07) is 18.5. The second kappa shape index (κ2) is 10.7. The van der Waals surface area contributed by atoms with Gasteiger partial charge in [-0.05, 0) is 48.9 Å². The van der Waals surface area contributed by atoms with Gasteiger partial charge in [-0.2, -0.15) is 0 Å². The Hall–Kier alpha value is -3.12. The summed E-state index contributed by atoms with van der Waals surface area (Å²) >= 11 is 1.54. The first kappa shape index (κ1) is 23.1. The van der Waals surface area contributed by atoms with Crippen molar-refractivity contribution in [2.24, 2.45) is 0 Å². The Labute approximate surface area is 199 Å². The molecule has 1 N–H and O–H groups in total. The number of anilines is 1. The van der Waals surface area contributed by atoms with Crippen LogP contribution in [0.5, 0.6) is 5.75 Å². The summed E-state index contributed by atoms with van der Waals surface area (Å²) in [5.41, 5.74) is 2.47. The van der Waals surface area contributed by atoms with Gasteiger partial charge >= 0.3 is 0 Å². The molecule has 0 saturated heterocycles. The lowest BCUT2D eigenvalue weighted by Crippen LogP contribution is -2.47. The summed E-state index contributed by atoms with van der Waals surface area (Å²) in [7, 11) is 1.58. The van der Waals surface area contributed by atoms with E-state index in [2.05, 4.69) is 5.32 Å². The standard InChI is InChI=1S/C27H30N2O3S/c1-19-13-15-20(16-14-19)26(27(31)28-21-8-3-4-9-21)29(23-11-5-6-12-24(23)32-2)25(30)18-22-10-7-17-33-22/h5-7,10-17,21,26H,3-4,8-9,18H2,1-2H3,(H,28,31). The first-order valence-corrected chi connectivity index (χ1v) is 12.3. The number of aryl methyl sites for hydroxylation is 1. The fraction of sp³-hybridized carbons (Fsp3) is 0.333. The fourth-order valence-electron chi connectivity index (χ4n) is 4.41. The summed E-state index contributed by atoms with van der Waals surface area (Å²) in [6.45, 7) is 2.01. The zero-order chi connectivity index (χ0) is 23.2. The number of nitrogens with one attached hydrogen (secondary N) is 1. The molecule has 0 radical (unpaired) electrons. The van der Waals surface area contributed by atoms with Gasteiger partial charge in [0.25, 0.3) is 0 Å². The highest BCUT2D eigenvalue weighted by Crippen LogP contribution is 2.36. The smallest absolute Gasteiger partial charge is 0.248 e. The molecule has 0 aliphatic heterocycles. The minimum Gasteiger partial charge on any atom is -0.495 e. The van der Waals surface area contributed by atoms with Gasteiger partial charge in [0.2, 0.25) is 11.8 Å². The number of para-hydroxylation sites is 2. The minimum absolute atomic E-state index is 0.144. The number of nitrogens with zero attached hydrogens (tertiary/aromatic N) is 1. The number of hydrogen-bond donors (Lipinski definition) is 1. The van der Waals surface area contributed by atoms with Crippen molar-refractivity contribution in [1.29, 1.82) is 0 Å². The highest BCUT2D eigenvalue weighted by atomic mass is 32.1. The van der Waals surface area contributed by atoms with Gasteiger partial charge in [-0.15, -0.1) is 11.3 Å². The molecule has 3 aromatic rings. The highest BCUT2D eigenvalue weighted by Gasteiger charge is 2.35. The fourth-order valence-corrected chi connectivity index (χ4v) is 5.11. The molecule has 1 saturated carbocycles. The van der Waals surface area contributed by atoms with Crippen LogP contribution in [-0.2, 0) is 16.0 Å². The van der Waals surface area contributed by atoms with Crippen LogP contribution in [0.1, 0.15) is 47.7 Å². The van der Waals surface area contributed by atoms with E-state index in [9.17, 15) is 9.59 Å². The van der Waals surface area contributed by atoms with E-state index in [4.69, 9.17) is 4.74 Å². The molecule has 1 unspecified atom stereocenters. The third-order valence-electron chi connectivity index (χ3n) is 6.12. The molecule has 172 valence electrons. The van der Waals surface area contributed by atoms with E-state index in [1.807, 2.05) is 73.0 Å². The van der Waals surface area contributed by atoms with Crippen molar-refractivity contribution in [3.8, 4) is 5.75 Å². The number of thiophene rings is 1. The van der Waals surface area contributed by atoms with Crippen LogP contribution in [0.4, 0.5) is 5.69 Å². The Balaban J connectivity index is 1.79. The molecule has 2 amide bonds. The Morgan fingerprint density at radius 2 is 1.79 bits per heavy atom. The van der Waals surface area contributed by atoms with Gasteiger partial charge in [0.15, 0.2) is 0 Å². The Bertz CT molecular complexity index is 1070. The molecule has 6 heteroatoms. The minimum atomic E-state index is -0.796. The molecular weight excluding hydrogens is 432 g/mol. The maximum absolute atomic E-state index is 13.8. The Morgan fingerprint density at radius 1 is 1.06 bits per heavy atom. The number of methoxy groups -OCH3 is 1. The van der Waals surface area contributed by atoms with Crippen molar-refractivity contribution in [3.63, 3.8) is 0 Å². The van der Waals surface area contributed by atoms with Crippen LogP contribution >= 0.6 is 11.3 Å². The van der Waals surface area contributed by atoms with Crippen molar-refractivity contribution in [3.05, 3.63) is 82.0 Å². The number of rotatable bonds is 8. The second-order valence-electron chi connectivity index (χ2n) is 8.49. The van der Waals surface area contributed by atoms with E-state index in [1.165, 1.54) is 11.3 Å². The topological polar surface area (TPSA) is 58.6 Å². The number of benzene rings is 2. The van der Waals surface area contributed by atoms with Crippen LogP contribution in [0.3, 0.4) is 0 Å². The molecule has 1 fully saturated rings. The molecule has 1 heterocycles. The number of carbonyl (C=O) groups is 2. The first-order chi connectivity index (χ1) is 16.1. The quantitative estimate of drug-likeness (QED) is 0.485. The van der Waals surface area contributed by atoms with Crippen LogP contribution < -0.4 is 15.0 Å². The van der Waals surface area contributed by atoms with Gasteiger partial charge in [-0.25, -0.2) is 0 Å². The summed E-state index contributed by atoms with van der Waals surface area (Å²) < 4.78 is 5.61. The first-order valence-electron chi connectivity index (χ1n) is 11.4. The van der Waals surface area contributed by atoms with E-state index in [-0.39, 0.29) is 24.3 Å². The van der Waals surface area contributed by atoms with E-state index in [0.29, 0.717) is 11.4 Å². The largest absolute Gasteiger partial charge is 0.495 e. The van der Waals surface area contributed by atoms with Crippen molar-refractivity contribution in [2.45, 2.75) is 51.1 Å². The van der Waals surface area contributed by atoms with E-state index in [0.717, 1.165) is 41.7 Å². The third kappa shape index (κ3) is 5.45. The zero-order valence-electron chi connectivity index (χ0n) is 19.1. The van der Waals surface area contributed by atoms with Gasteiger partial charge in [-0.3, -0.25) is 14.5 Å². The molecule has 5 nitrogen and oxygen atoms in total. The van der Waals surface area contributed by atoms with Crippen LogP contribution in [0, 0.1) is 6.92 Å². The molecule has 0 spiro atoms. The molecule has 4 rings (SSSR count). The van der Waals surface area contributed by atoms with Gasteiger partial charge < -0.3 is 10.1 Å². The van der Waals surface area contributed by atoms with E-state index in [1.54, 1.807) is 12.0 Å². The summed E-state index contributed by atoms with van der Waals surface area (Å²) in [6.07, 6.45) is 4.41. The maximum atomic E-state index is 13.8. The summed E-state index contributed by atoms with van der Waals surface area (Å²) in [5, 5.41) is 5.18. The third-order valence-corrected chi connectivity index (χ3v) is 7.00. The molecule has 2 aromatic carbocycles. The number of carbonyl (C=O) groups excluding carboxylic acids is 2. The van der Waals surface area contributed by atoms with Crippen LogP contribution in [0.25, 0.3) is 0 Å². The normalized spacial score (nSPS) is 14.6. The van der Waals surface area contributed by atoms with Gasteiger partial charge in [-0.1, -0.05) is 60.9 Å². The molecular formula is C27H30N2O3S. The maximum Gasteiger partial charge on any atom is 0.248 e. The molecule has 1 aromatic heterocycles. The van der Waals surface area contributed by atoms with Crippen molar-refractivity contribution < 1.29 is 14.3 Å². The lowest BCUT2D eigenvalue weighted by molar-refractivity contribution is -0.127. The van der Waals surface area contributed by atoms with Crippen LogP contribution in [0.15, 0.2) is 66.0 Å².